The van der Waals surface area contributed by atoms with Crippen molar-refractivity contribution in [3.8, 4) is 22.9 Å². The van der Waals surface area contributed by atoms with E-state index in [2.05, 4.69) is 5.16 Å². The van der Waals surface area contributed by atoms with Crippen molar-refractivity contribution < 1.29 is 18.8 Å². The molecule has 0 bridgehead atoms. The van der Waals surface area contributed by atoms with Gasteiger partial charge >= 0.3 is 5.76 Å². The molecule has 0 aliphatic carbocycles. The zero-order valence-corrected chi connectivity index (χ0v) is 16.9. The lowest BCUT2D eigenvalue weighted by Crippen LogP contribution is -2.45. The molecule has 30 heavy (non-hydrogen) atoms. The van der Waals surface area contributed by atoms with Crippen LogP contribution in [0.1, 0.15) is 12.5 Å². The molecule has 1 aliphatic heterocycles. The Kier molecular flexibility index (Phi) is 5.56. The van der Waals surface area contributed by atoms with Gasteiger partial charge in [-0.3, -0.25) is 9.32 Å². The van der Waals surface area contributed by atoms with Crippen LogP contribution in [-0.2, 0) is 11.3 Å². The molecule has 3 aromatic rings. The molecule has 2 heterocycles. The second-order valence-electron chi connectivity index (χ2n) is 7.10. The number of benzene rings is 2. The summed E-state index contributed by atoms with van der Waals surface area (Å²) in [4.78, 5) is 26.8. The van der Waals surface area contributed by atoms with Crippen LogP contribution in [0, 0.1) is 6.92 Å². The van der Waals surface area contributed by atoms with Crippen LogP contribution in [-0.4, -0.2) is 46.3 Å². The number of fused-ring (bicyclic) bond motifs is 1. The van der Waals surface area contributed by atoms with Gasteiger partial charge in [0.2, 0.25) is 5.91 Å². The molecule has 1 atom stereocenters. The number of nitrogens with zero attached hydrogens (tertiary/aromatic N) is 3. The predicted octanol–water partition coefficient (Wildman–Crippen LogP) is 2.50. The first-order valence-electron chi connectivity index (χ1n) is 9.85. The van der Waals surface area contributed by atoms with Gasteiger partial charge in [0, 0.05) is 12.1 Å². The molecule has 0 radical (unpaired) electrons. The van der Waals surface area contributed by atoms with Crippen molar-refractivity contribution in [2.75, 3.05) is 19.7 Å². The Bertz CT molecular complexity index is 1100. The van der Waals surface area contributed by atoms with Crippen molar-refractivity contribution in [3.05, 3.63) is 64.6 Å². The summed E-state index contributed by atoms with van der Waals surface area (Å²) < 4.78 is 17.8. The summed E-state index contributed by atoms with van der Waals surface area (Å²) in [6, 6.07) is 14.9. The van der Waals surface area contributed by atoms with E-state index in [0.717, 1.165) is 11.1 Å². The summed E-state index contributed by atoms with van der Waals surface area (Å²) in [7, 11) is 0. The lowest BCUT2D eigenvalue weighted by molar-refractivity contribution is -0.133. The van der Waals surface area contributed by atoms with E-state index < -0.39 is 5.76 Å². The van der Waals surface area contributed by atoms with Gasteiger partial charge in [-0.1, -0.05) is 41.6 Å². The molecule has 0 saturated carbocycles. The van der Waals surface area contributed by atoms with Gasteiger partial charge in [-0.05, 0) is 31.5 Å². The average molecular weight is 409 g/mol. The normalized spacial score (nSPS) is 15.1. The van der Waals surface area contributed by atoms with Crippen molar-refractivity contribution in [1.82, 2.24) is 14.6 Å². The predicted molar refractivity (Wildman–Crippen MR) is 110 cm³/mol. The molecule has 156 valence electrons. The fourth-order valence-electron chi connectivity index (χ4n) is 3.47. The average Bonchev–Trinajstić information content (AvgIpc) is 3.12. The number of para-hydroxylation sites is 2. The van der Waals surface area contributed by atoms with E-state index >= 15 is 0 Å². The zero-order chi connectivity index (χ0) is 21.1. The number of carbonyl (C=O) groups excluding carboxylic acids is 1. The molecule has 0 N–H and O–H groups in total. The fraction of sp³-hybridized carbons (Fsp3) is 0.318. The monoisotopic (exact) mass is 409 g/mol. The molecule has 8 nitrogen and oxygen atoms in total. The highest BCUT2D eigenvalue weighted by Crippen LogP contribution is 2.31. The molecule has 0 saturated heterocycles. The fourth-order valence-corrected chi connectivity index (χ4v) is 3.47. The van der Waals surface area contributed by atoms with Gasteiger partial charge in [0.25, 0.3) is 0 Å². The number of aromatic nitrogens is 2. The smallest absolute Gasteiger partial charge is 0.442 e. The summed E-state index contributed by atoms with van der Waals surface area (Å²) in [6.07, 6.45) is -0.293. The van der Waals surface area contributed by atoms with Gasteiger partial charge in [-0.2, -0.15) is 0 Å². The van der Waals surface area contributed by atoms with E-state index in [1.165, 1.54) is 4.57 Å². The van der Waals surface area contributed by atoms with E-state index in [1.807, 2.05) is 62.4 Å². The minimum absolute atomic E-state index is 0.163. The third-order valence-electron chi connectivity index (χ3n) is 5.09. The maximum atomic E-state index is 13.0. The quantitative estimate of drug-likeness (QED) is 0.622. The van der Waals surface area contributed by atoms with Gasteiger partial charge in [0.15, 0.2) is 23.4 Å². The second kappa shape index (κ2) is 8.44. The van der Waals surface area contributed by atoms with Crippen LogP contribution in [0.4, 0.5) is 0 Å². The SMILES string of the molecule is CCN(CC1COc2ccccc2O1)C(=O)Cn1c(-c2ccccc2C)noc1=O. The topological polar surface area (TPSA) is 86.8 Å². The van der Waals surface area contributed by atoms with Crippen molar-refractivity contribution in [2.24, 2.45) is 0 Å². The number of likely N-dealkylation sites (N-methyl/N-ethyl adjacent to an activating group) is 1. The number of hydrogen-bond donors (Lipinski definition) is 0. The van der Waals surface area contributed by atoms with Crippen molar-refractivity contribution in [2.45, 2.75) is 26.5 Å². The molecule has 2 aromatic carbocycles. The summed E-state index contributed by atoms with van der Waals surface area (Å²) in [5, 5.41) is 3.89. The number of aryl methyl sites for hydroxylation is 1. The molecular formula is C22H23N3O5. The van der Waals surface area contributed by atoms with Gasteiger partial charge < -0.3 is 14.4 Å². The molecule has 4 rings (SSSR count). The highest BCUT2D eigenvalue weighted by atomic mass is 16.6. The Balaban J connectivity index is 1.49. The summed E-state index contributed by atoms with van der Waals surface area (Å²) >= 11 is 0. The highest BCUT2D eigenvalue weighted by molar-refractivity contribution is 5.77. The molecule has 1 amide bonds. The Labute approximate surface area is 173 Å². The molecule has 0 fully saturated rings. The number of amides is 1. The molecular weight excluding hydrogens is 386 g/mol. The van der Waals surface area contributed by atoms with E-state index in [-0.39, 0.29) is 18.6 Å². The van der Waals surface area contributed by atoms with Crippen molar-refractivity contribution in [3.63, 3.8) is 0 Å². The number of carbonyl (C=O) groups is 1. The van der Waals surface area contributed by atoms with Gasteiger partial charge in [-0.25, -0.2) is 9.36 Å². The highest BCUT2D eigenvalue weighted by Gasteiger charge is 2.26. The van der Waals surface area contributed by atoms with Crippen LogP contribution < -0.4 is 15.2 Å². The Morgan fingerprint density at radius 3 is 2.67 bits per heavy atom. The van der Waals surface area contributed by atoms with Crippen LogP contribution in [0.15, 0.2) is 57.8 Å². The molecule has 0 spiro atoms. The molecule has 1 aromatic heterocycles. The first kappa shape index (κ1) is 19.8. The Hall–Kier alpha value is -3.55. The van der Waals surface area contributed by atoms with Gasteiger partial charge in [0.1, 0.15) is 13.2 Å². The molecule has 8 heteroatoms. The third kappa shape index (κ3) is 3.94. The van der Waals surface area contributed by atoms with Crippen molar-refractivity contribution >= 4 is 5.91 Å². The second-order valence-corrected chi connectivity index (χ2v) is 7.10. The summed E-state index contributed by atoms with van der Waals surface area (Å²) in [5.74, 6) is 0.814. The van der Waals surface area contributed by atoms with Crippen LogP contribution in [0.5, 0.6) is 11.5 Å². The number of ether oxygens (including phenoxy) is 2. The largest absolute Gasteiger partial charge is 0.486 e. The van der Waals surface area contributed by atoms with E-state index in [1.54, 1.807) is 4.90 Å². The summed E-state index contributed by atoms with van der Waals surface area (Å²) in [5.41, 5.74) is 1.69. The number of hydrogen-bond acceptors (Lipinski definition) is 6. The van der Waals surface area contributed by atoms with E-state index in [0.29, 0.717) is 37.0 Å². The van der Waals surface area contributed by atoms with Crippen LogP contribution in [0.2, 0.25) is 0 Å². The van der Waals surface area contributed by atoms with E-state index in [9.17, 15) is 9.59 Å². The van der Waals surface area contributed by atoms with Gasteiger partial charge in [0.05, 0.1) is 6.54 Å². The summed E-state index contributed by atoms with van der Waals surface area (Å²) in [6.45, 7) is 4.81. The minimum atomic E-state index is -0.663. The zero-order valence-electron chi connectivity index (χ0n) is 16.9. The first-order chi connectivity index (χ1) is 14.6. The first-order valence-corrected chi connectivity index (χ1v) is 9.85. The minimum Gasteiger partial charge on any atom is -0.486 e. The van der Waals surface area contributed by atoms with Crippen LogP contribution in [0.25, 0.3) is 11.4 Å². The third-order valence-corrected chi connectivity index (χ3v) is 5.09. The maximum Gasteiger partial charge on any atom is 0.442 e. The van der Waals surface area contributed by atoms with Crippen LogP contribution >= 0.6 is 0 Å². The Morgan fingerprint density at radius 1 is 1.17 bits per heavy atom. The standard InChI is InChI=1S/C22H23N3O5/c1-3-24(12-16-14-28-18-10-6-7-11-19(18)29-16)20(26)13-25-21(23-30-22(25)27)17-9-5-4-8-15(17)2/h4-11,16H,3,12-14H2,1-2H3. The lowest BCUT2D eigenvalue weighted by Gasteiger charge is -2.31. The Morgan fingerprint density at radius 2 is 1.90 bits per heavy atom. The maximum absolute atomic E-state index is 13.0. The lowest BCUT2D eigenvalue weighted by atomic mass is 10.1. The van der Waals surface area contributed by atoms with Crippen molar-refractivity contribution in [1.29, 1.82) is 0 Å². The van der Waals surface area contributed by atoms with Crippen LogP contribution in [0.3, 0.4) is 0 Å². The van der Waals surface area contributed by atoms with Gasteiger partial charge in [-0.15, -0.1) is 0 Å². The number of rotatable bonds is 6. The molecule has 1 unspecified atom stereocenters. The molecule has 1 aliphatic rings. The van der Waals surface area contributed by atoms with E-state index in [4.69, 9.17) is 14.0 Å².